The number of carbonyl (C=O) groups excluding carboxylic acids is 1. The summed E-state index contributed by atoms with van der Waals surface area (Å²) in [5, 5.41) is 9.39. The molecular formula is C22H20N4O3. The molecule has 0 saturated carbocycles. The number of hydrogen-bond acceptors (Lipinski definition) is 6. The molecule has 0 spiro atoms. The van der Waals surface area contributed by atoms with Gasteiger partial charge in [-0.15, -0.1) is 0 Å². The van der Waals surface area contributed by atoms with Crippen molar-refractivity contribution in [3.05, 3.63) is 65.6 Å². The summed E-state index contributed by atoms with van der Waals surface area (Å²) in [6.07, 6.45) is 4.97. The number of amides is 1. The molecule has 0 unspecified atom stereocenters. The lowest BCUT2D eigenvalue weighted by Crippen LogP contribution is -2.48. The van der Waals surface area contributed by atoms with Gasteiger partial charge >= 0.3 is 0 Å². The number of piperazine rings is 1. The van der Waals surface area contributed by atoms with Gasteiger partial charge in [-0.1, -0.05) is 29.8 Å². The van der Waals surface area contributed by atoms with E-state index < -0.39 is 0 Å². The van der Waals surface area contributed by atoms with Crippen molar-refractivity contribution in [2.24, 2.45) is 0 Å². The fourth-order valence-electron chi connectivity index (χ4n) is 3.28. The molecule has 3 heterocycles. The van der Waals surface area contributed by atoms with Gasteiger partial charge in [0.1, 0.15) is 6.07 Å². The molecule has 4 rings (SSSR count). The molecule has 1 fully saturated rings. The van der Waals surface area contributed by atoms with Crippen molar-refractivity contribution < 1.29 is 13.6 Å². The molecule has 1 amide bonds. The lowest BCUT2D eigenvalue weighted by molar-refractivity contribution is -0.126. The van der Waals surface area contributed by atoms with Gasteiger partial charge in [0.15, 0.2) is 5.76 Å². The average Bonchev–Trinajstić information content (AvgIpc) is 3.42. The first-order valence-corrected chi connectivity index (χ1v) is 9.37. The molecule has 0 radical (unpaired) electrons. The van der Waals surface area contributed by atoms with Crippen molar-refractivity contribution in [3.8, 4) is 17.7 Å². The van der Waals surface area contributed by atoms with E-state index in [4.69, 9.17) is 8.83 Å². The Bertz CT molecular complexity index is 1070. The largest absolute Gasteiger partial charge is 0.459 e. The number of hydrogen-bond donors (Lipinski definition) is 0. The Morgan fingerprint density at radius 2 is 2.03 bits per heavy atom. The van der Waals surface area contributed by atoms with Gasteiger partial charge in [-0.25, -0.2) is 0 Å². The van der Waals surface area contributed by atoms with Crippen LogP contribution in [0.1, 0.15) is 16.8 Å². The first-order valence-electron chi connectivity index (χ1n) is 9.37. The van der Waals surface area contributed by atoms with E-state index in [0.29, 0.717) is 37.8 Å². The standard InChI is InChI=1S/C22H20N4O3/c1-16-4-2-5-17(14-16)7-8-20(27)25-9-11-26(12-10-25)22-18(15-23)24-21(29-22)19-6-3-13-28-19/h2-8,13-14H,9-12H2,1H3/b8-7+. The summed E-state index contributed by atoms with van der Waals surface area (Å²) in [5.41, 5.74) is 2.38. The third kappa shape index (κ3) is 4.06. The van der Waals surface area contributed by atoms with Crippen LogP contribution in [-0.2, 0) is 4.79 Å². The lowest BCUT2D eigenvalue weighted by atomic mass is 10.1. The predicted molar refractivity (Wildman–Crippen MR) is 108 cm³/mol. The van der Waals surface area contributed by atoms with Crippen LogP contribution in [0.2, 0.25) is 0 Å². The van der Waals surface area contributed by atoms with Crippen molar-refractivity contribution in [1.29, 1.82) is 5.26 Å². The maximum absolute atomic E-state index is 12.5. The highest BCUT2D eigenvalue weighted by Crippen LogP contribution is 2.29. The highest BCUT2D eigenvalue weighted by molar-refractivity contribution is 5.92. The van der Waals surface area contributed by atoms with E-state index >= 15 is 0 Å². The van der Waals surface area contributed by atoms with Gasteiger partial charge in [0.2, 0.25) is 17.5 Å². The molecule has 0 aliphatic carbocycles. The first kappa shape index (κ1) is 18.6. The number of aromatic nitrogens is 1. The fraction of sp³-hybridized carbons (Fsp3) is 0.227. The molecule has 2 aromatic heterocycles. The lowest BCUT2D eigenvalue weighted by Gasteiger charge is -2.33. The predicted octanol–water partition coefficient (Wildman–Crippen LogP) is 3.48. The number of rotatable bonds is 4. The fourth-order valence-corrected chi connectivity index (χ4v) is 3.28. The number of benzene rings is 1. The molecule has 1 aromatic carbocycles. The van der Waals surface area contributed by atoms with Crippen LogP contribution in [0, 0.1) is 18.3 Å². The normalized spacial score (nSPS) is 14.3. The molecule has 1 saturated heterocycles. The zero-order chi connectivity index (χ0) is 20.2. The minimum absolute atomic E-state index is 0.0273. The van der Waals surface area contributed by atoms with Gasteiger partial charge in [0.05, 0.1) is 6.26 Å². The van der Waals surface area contributed by atoms with E-state index in [1.54, 1.807) is 23.1 Å². The number of aryl methyl sites for hydroxylation is 1. The highest BCUT2D eigenvalue weighted by atomic mass is 16.4. The van der Waals surface area contributed by atoms with Crippen LogP contribution >= 0.6 is 0 Å². The van der Waals surface area contributed by atoms with Gasteiger partial charge in [0, 0.05) is 32.3 Å². The second-order valence-electron chi connectivity index (χ2n) is 6.82. The first-order chi connectivity index (χ1) is 14.1. The van der Waals surface area contributed by atoms with Crippen molar-refractivity contribution in [2.45, 2.75) is 6.92 Å². The van der Waals surface area contributed by atoms with Gasteiger partial charge < -0.3 is 18.6 Å². The van der Waals surface area contributed by atoms with Gasteiger partial charge in [-0.2, -0.15) is 10.2 Å². The van der Waals surface area contributed by atoms with E-state index in [9.17, 15) is 10.1 Å². The zero-order valence-electron chi connectivity index (χ0n) is 16.0. The highest BCUT2D eigenvalue weighted by Gasteiger charge is 2.26. The number of carbonyl (C=O) groups is 1. The van der Waals surface area contributed by atoms with Crippen LogP contribution in [0.5, 0.6) is 0 Å². The van der Waals surface area contributed by atoms with E-state index in [1.807, 2.05) is 42.2 Å². The van der Waals surface area contributed by atoms with Gasteiger partial charge in [-0.05, 0) is 30.7 Å². The number of nitrogens with zero attached hydrogens (tertiary/aromatic N) is 4. The SMILES string of the molecule is Cc1cccc(/C=C/C(=O)N2CCN(c3oc(-c4ccco4)nc3C#N)CC2)c1. The minimum atomic E-state index is -0.0273. The average molecular weight is 388 g/mol. The summed E-state index contributed by atoms with van der Waals surface area (Å²) < 4.78 is 11.1. The summed E-state index contributed by atoms with van der Waals surface area (Å²) in [4.78, 5) is 20.4. The van der Waals surface area contributed by atoms with E-state index in [1.165, 1.54) is 6.26 Å². The molecule has 0 bridgehead atoms. The summed E-state index contributed by atoms with van der Waals surface area (Å²) in [6, 6.07) is 13.5. The molecular weight excluding hydrogens is 368 g/mol. The molecule has 1 aliphatic heterocycles. The van der Waals surface area contributed by atoms with Gasteiger partial charge in [0.25, 0.3) is 5.89 Å². The van der Waals surface area contributed by atoms with E-state index in [-0.39, 0.29) is 17.5 Å². The maximum atomic E-state index is 12.5. The molecule has 29 heavy (non-hydrogen) atoms. The van der Waals surface area contributed by atoms with Crippen LogP contribution in [0.4, 0.5) is 5.88 Å². The van der Waals surface area contributed by atoms with Crippen molar-refractivity contribution in [2.75, 3.05) is 31.1 Å². The topological polar surface area (TPSA) is 86.5 Å². The maximum Gasteiger partial charge on any atom is 0.266 e. The molecule has 7 nitrogen and oxygen atoms in total. The van der Waals surface area contributed by atoms with Gasteiger partial charge in [-0.3, -0.25) is 4.79 Å². The number of furan rings is 1. The number of nitriles is 1. The number of anilines is 1. The molecule has 0 N–H and O–H groups in total. The Hall–Kier alpha value is -3.79. The molecule has 0 atom stereocenters. The van der Waals surface area contributed by atoms with Crippen LogP contribution in [0.25, 0.3) is 17.7 Å². The Labute approximate surface area is 168 Å². The summed E-state index contributed by atoms with van der Waals surface area (Å²) >= 11 is 0. The smallest absolute Gasteiger partial charge is 0.266 e. The van der Waals surface area contributed by atoms with Crippen LogP contribution in [0.15, 0.2) is 57.6 Å². The van der Waals surface area contributed by atoms with E-state index in [0.717, 1.165) is 11.1 Å². The minimum Gasteiger partial charge on any atom is -0.459 e. The molecule has 3 aromatic rings. The van der Waals surface area contributed by atoms with Crippen LogP contribution in [0.3, 0.4) is 0 Å². The van der Waals surface area contributed by atoms with Crippen molar-refractivity contribution >= 4 is 17.9 Å². The summed E-state index contributed by atoms with van der Waals surface area (Å²) in [5.74, 6) is 1.14. The summed E-state index contributed by atoms with van der Waals surface area (Å²) in [6.45, 7) is 4.23. The zero-order valence-corrected chi connectivity index (χ0v) is 16.0. The van der Waals surface area contributed by atoms with Crippen molar-refractivity contribution in [1.82, 2.24) is 9.88 Å². The molecule has 146 valence electrons. The third-order valence-corrected chi connectivity index (χ3v) is 4.79. The number of oxazole rings is 1. The Balaban J connectivity index is 1.41. The third-order valence-electron chi connectivity index (χ3n) is 4.79. The van der Waals surface area contributed by atoms with Crippen LogP contribution < -0.4 is 4.90 Å². The Morgan fingerprint density at radius 1 is 1.21 bits per heavy atom. The summed E-state index contributed by atoms with van der Waals surface area (Å²) in [7, 11) is 0. The second kappa shape index (κ2) is 8.07. The quantitative estimate of drug-likeness (QED) is 0.636. The van der Waals surface area contributed by atoms with Crippen LogP contribution in [-0.4, -0.2) is 42.0 Å². The Kier molecular flexibility index (Phi) is 5.16. The monoisotopic (exact) mass is 388 g/mol. The molecule has 7 heteroatoms. The van der Waals surface area contributed by atoms with E-state index in [2.05, 4.69) is 11.1 Å². The molecule has 1 aliphatic rings. The Morgan fingerprint density at radius 3 is 2.72 bits per heavy atom. The van der Waals surface area contributed by atoms with Crippen molar-refractivity contribution in [3.63, 3.8) is 0 Å². The second-order valence-corrected chi connectivity index (χ2v) is 6.82.